The molecule has 1 aromatic rings. The summed E-state index contributed by atoms with van der Waals surface area (Å²) in [5.74, 6) is -0.561. The largest absolute Gasteiger partial charge is 0.445 e. The number of hydrogen-bond donors (Lipinski definition) is 2. The van der Waals surface area contributed by atoms with Crippen molar-refractivity contribution in [2.24, 2.45) is 11.5 Å². The lowest BCUT2D eigenvalue weighted by Crippen LogP contribution is -2.17. The topological polar surface area (TPSA) is 95.4 Å². The Balaban J connectivity index is 2.84. The summed E-state index contributed by atoms with van der Waals surface area (Å²) < 4.78 is 4.55. The Morgan fingerprint density at radius 3 is 2.43 bits per heavy atom. The van der Waals surface area contributed by atoms with Crippen LogP contribution in [-0.4, -0.2) is 12.0 Å². The molecule has 0 spiro atoms. The van der Waals surface area contributed by atoms with Gasteiger partial charge in [0.25, 0.3) is 0 Å². The van der Waals surface area contributed by atoms with Crippen LogP contribution in [0.4, 0.5) is 4.79 Å². The summed E-state index contributed by atoms with van der Waals surface area (Å²) in [7, 11) is 0. The van der Waals surface area contributed by atoms with Crippen LogP contribution >= 0.6 is 0 Å². The standard InChI is InChI=1S/C9H10N2O3/c10-8(12)7-4-2-1-3-6(7)5-14-9(11)13/h1-4H,5H2,(H2,10,12)(H2,11,13). The van der Waals surface area contributed by atoms with Gasteiger partial charge < -0.3 is 16.2 Å². The molecule has 2 amide bonds. The van der Waals surface area contributed by atoms with E-state index in [1.54, 1.807) is 24.3 Å². The molecule has 0 atom stereocenters. The Labute approximate surface area is 80.6 Å². The van der Waals surface area contributed by atoms with Gasteiger partial charge in [-0.2, -0.15) is 0 Å². The molecule has 0 saturated carbocycles. The zero-order chi connectivity index (χ0) is 10.6. The number of ether oxygens (including phenoxy) is 1. The van der Waals surface area contributed by atoms with E-state index in [-0.39, 0.29) is 6.61 Å². The predicted molar refractivity (Wildman–Crippen MR) is 49.3 cm³/mol. The Morgan fingerprint density at radius 2 is 1.86 bits per heavy atom. The monoisotopic (exact) mass is 194 g/mol. The van der Waals surface area contributed by atoms with E-state index in [1.807, 2.05) is 0 Å². The van der Waals surface area contributed by atoms with Gasteiger partial charge in [-0.1, -0.05) is 18.2 Å². The summed E-state index contributed by atoms with van der Waals surface area (Å²) in [4.78, 5) is 21.3. The van der Waals surface area contributed by atoms with Crippen molar-refractivity contribution >= 4 is 12.0 Å². The number of nitrogens with two attached hydrogens (primary N) is 2. The van der Waals surface area contributed by atoms with E-state index in [2.05, 4.69) is 4.74 Å². The Hall–Kier alpha value is -2.04. The van der Waals surface area contributed by atoms with Gasteiger partial charge in [-0.3, -0.25) is 4.79 Å². The molecule has 0 bridgehead atoms. The third-order valence-corrected chi connectivity index (χ3v) is 1.65. The average Bonchev–Trinajstić information content (AvgIpc) is 2.15. The second kappa shape index (κ2) is 4.27. The normalized spacial score (nSPS) is 9.43. The van der Waals surface area contributed by atoms with E-state index in [9.17, 15) is 9.59 Å². The molecule has 0 aliphatic rings. The number of benzene rings is 1. The molecule has 5 heteroatoms. The highest BCUT2D eigenvalue weighted by Crippen LogP contribution is 2.08. The molecule has 1 aromatic carbocycles. The first kappa shape index (κ1) is 10.0. The van der Waals surface area contributed by atoms with Crippen molar-refractivity contribution in [2.75, 3.05) is 0 Å². The van der Waals surface area contributed by atoms with Crippen LogP contribution in [0.1, 0.15) is 15.9 Å². The second-order valence-electron chi connectivity index (χ2n) is 2.63. The first-order valence-corrected chi connectivity index (χ1v) is 3.91. The van der Waals surface area contributed by atoms with Gasteiger partial charge in [0.15, 0.2) is 0 Å². The van der Waals surface area contributed by atoms with Crippen molar-refractivity contribution in [3.63, 3.8) is 0 Å². The van der Waals surface area contributed by atoms with E-state index in [0.717, 1.165) is 0 Å². The van der Waals surface area contributed by atoms with E-state index >= 15 is 0 Å². The quantitative estimate of drug-likeness (QED) is 0.728. The molecule has 0 aliphatic carbocycles. The van der Waals surface area contributed by atoms with Crippen molar-refractivity contribution in [1.29, 1.82) is 0 Å². The third kappa shape index (κ3) is 2.48. The lowest BCUT2D eigenvalue weighted by Gasteiger charge is -2.05. The Bertz CT molecular complexity index is 363. The van der Waals surface area contributed by atoms with Crippen LogP contribution in [-0.2, 0) is 11.3 Å². The van der Waals surface area contributed by atoms with Crippen molar-refractivity contribution < 1.29 is 14.3 Å². The highest BCUT2D eigenvalue weighted by Gasteiger charge is 2.07. The number of carbonyl (C=O) groups is 2. The maximum absolute atomic E-state index is 10.9. The highest BCUT2D eigenvalue weighted by molar-refractivity contribution is 5.94. The molecular weight excluding hydrogens is 184 g/mol. The number of rotatable bonds is 3. The summed E-state index contributed by atoms with van der Waals surface area (Å²) in [6.45, 7) is -0.0472. The maximum atomic E-state index is 10.9. The molecule has 5 nitrogen and oxygen atoms in total. The minimum atomic E-state index is -0.885. The van der Waals surface area contributed by atoms with Gasteiger partial charge >= 0.3 is 6.09 Å². The summed E-state index contributed by atoms with van der Waals surface area (Å²) in [5, 5.41) is 0. The van der Waals surface area contributed by atoms with Crippen LogP contribution in [0.5, 0.6) is 0 Å². The number of primary amides is 2. The molecule has 0 aliphatic heterocycles. The average molecular weight is 194 g/mol. The van der Waals surface area contributed by atoms with Crippen LogP contribution in [0.25, 0.3) is 0 Å². The van der Waals surface area contributed by atoms with Gasteiger partial charge in [0.2, 0.25) is 5.91 Å². The summed E-state index contributed by atoms with van der Waals surface area (Å²) in [6.07, 6.45) is -0.885. The molecule has 0 fully saturated rings. The summed E-state index contributed by atoms with van der Waals surface area (Å²) in [5.41, 5.74) is 10.8. The fourth-order valence-corrected chi connectivity index (χ4v) is 1.04. The fourth-order valence-electron chi connectivity index (χ4n) is 1.04. The van der Waals surface area contributed by atoms with Crippen LogP contribution in [0.3, 0.4) is 0 Å². The third-order valence-electron chi connectivity index (χ3n) is 1.65. The zero-order valence-corrected chi connectivity index (χ0v) is 7.40. The van der Waals surface area contributed by atoms with Crippen molar-refractivity contribution in [2.45, 2.75) is 6.61 Å². The van der Waals surface area contributed by atoms with Gasteiger partial charge in [0, 0.05) is 11.1 Å². The fraction of sp³-hybridized carbons (Fsp3) is 0.111. The first-order valence-electron chi connectivity index (χ1n) is 3.91. The molecule has 14 heavy (non-hydrogen) atoms. The molecule has 74 valence electrons. The molecule has 0 radical (unpaired) electrons. The minimum Gasteiger partial charge on any atom is -0.445 e. The van der Waals surface area contributed by atoms with Crippen molar-refractivity contribution in [3.8, 4) is 0 Å². The van der Waals surface area contributed by atoms with E-state index < -0.39 is 12.0 Å². The smallest absolute Gasteiger partial charge is 0.404 e. The summed E-state index contributed by atoms with van der Waals surface area (Å²) in [6, 6.07) is 6.59. The van der Waals surface area contributed by atoms with Crippen LogP contribution < -0.4 is 11.5 Å². The number of amides is 2. The molecule has 0 aromatic heterocycles. The van der Waals surface area contributed by atoms with Gasteiger partial charge in [-0.25, -0.2) is 4.79 Å². The van der Waals surface area contributed by atoms with E-state index in [1.165, 1.54) is 0 Å². The van der Waals surface area contributed by atoms with Crippen molar-refractivity contribution in [3.05, 3.63) is 35.4 Å². The molecule has 0 heterocycles. The second-order valence-corrected chi connectivity index (χ2v) is 2.63. The number of hydrogen-bond acceptors (Lipinski definition) is 3. The van der Waals surface area contributed by atoms with Gasteiger partial charge in [-0.05, 0) is 6.07 Å². The highest BCUT2D eigenvalue weighted by atomic mass is 16.5. The van der Waals surface area contributed by atoms with E-state index in [4.69, 9.17) is 11.5 Å². The lowest BCUT2D eigenvalue weighted by molar-refractivity contribution is 0.0994. The summed E-state index contributed by atoms with van der Waals surface area (Å²) >= 11 is 0. The van der Waals surface area contributed by atoms with Crippen molar-refractivity contribution in [1.82, 2.24) is 0 Å². The van der Waals surface area contributed by atoms with Crippen LogP contribution in [0.15, 0.2) is 24.3 Å². The Kier molecular flexibility index (Phi) is 3.06. The lowest BCUT2D eigenvalue weighted by atomic mass is 10.1. The van der Waals surface area contributed by atoms with Crippen LogP contribution in [0, 0.1) is 0 Å². The molecule has 0 saturated heterocycles. The van der Waals surface area contributed by atoms with Crippen LogP contribution in [0.2, 0.25) is 0 Å². The Morgan fingerprint density at radius 1 is 1.21 bits per heavy atom. The zero-order valence-electron chi connectivity index (χ0n) is 7.40. The van der Waals surface area contributed by atoms with Gasteiger partial charge in [-0.15, -0.1) is 0 Å². The van der Waals surface area contributed by atoms with Gasteiger partial charge in [0.1, 0.15) is 6.61 Å². The minimum absolute atomic E-state index is 0.0472. The molecule has 1 rings (SSSR count). The SMILES string of the molecule is NC(=O)OCc1ccccc1C(N)=O. The molecule has 0 unspecified atom stereocenters. The molecular formula is C9H10N2O3. The predicted octanol–water partition coefficient (Wildman–Crippen LogP) is 0.381. The van der Waals surface area contributed by atoms with Gasteiger partial charge in [0.05, 0.1) is 0 Å². The number of carbonyl (C=O) groups excluding carboxylic acids is 2. The molecule has 4 N–H and O–H groups in total. The van der Waals surface area contributed by atoms with E-state index in [0.29, 0.717) is 11.1 Å². The first-order chi connectivity index (χ1) is 6.61. The maximum Gasteiger partial charge on any atom is 0.404 e.